The summed E-state index contributed by atoms with van der Waals surface area (Å²) in [5.74, 6) is -2.12. The summed E-state index contributed by atoms with van der Waals surface area (Å²) in [5, 5.41) is 5.20. The Balaban J connectivity index is 2.01. The second kappa shape index (κ2) is 14.8. The van der Waals surface area contributed by atoms with Gasteiger partial charge in [-0.3, -0.25) is 19.4 Å². The summed E-state index contributed by atoms with van der Waals surface area (Å²) in [5.41, 5.74) is 11.4. The molecule has 1 aromatic rings. The zero-order chi connectivity index (χ0) is 27.4. The Morgan fingerprint density at radius 2 is 1.86 bits per heavy atom. The third-order valence-corrected chi connectivity index (χ3v) is 6.04. The van der Waals surface area contributed by atoms with Gasteiger partial charge in [0, 0.05) is 13.1 Å². The van der Waals surface area contributed by atoms with Gasteiger partial charge in [0.25, 0.3) is 0 Å². The van der Waals surface area contributed by atoms with Crippen molar-refractivity contribution in [3.63, 3.8) is 0 Å². The number of guanidine groups is 1. The first-order chi connectivity index (χ1) is 17.6. The molecule has 0 aliphatic carbocycles. The average Bonchev–Trinajstić information content (AvgIpc) is 3.37. The lowest BCUT2D eigenvalue weighted by atomic mass is 10.0. The predicted octanol–water partition coefficient (Wildman–Crippen LogP) is 1.01. The van der Waals surface area contributed by atoms with E-state index in [2.05, 4.69) is 15.6 Å². The van der Waals surface area contributed by atoms with E-state index in [1.54, 1.807) is 13.8 Å². The van der Waals surface area contributed by atoms with E-state index in [1.165, 1.54) is 4.90 Å². The normalized spacial score (nSPS) is 16.5. The number of alkyl carbamates (subject to hydrolysis) is 1. The Kier molecular flexibility index (Phi) is 11.8. The van der Waals surface area contributed by atoms with Crippen LogP contribution in [-0.2, 0) is 25.7 Å². The summed E-state index contributed by atoms with van der Waals surface area (Å²) in [7, 11) is 0. The summed E-state index contributed by atoms with van der Waals surface area (Å²) in [6, 6.07) is 6.30. The van der Waals surface area contributed by atoms with Gasteiger partial charge < -0.3 is 31.7 Å². The Morgan fingerprint density at radius 3 is 2.49 bits per heavy atom. The fraction of sp³-hybridized carbons (Fsp3) is 0.560. The number of alkyl halides is 1. The van der Waals surface area contributed by atoms with Crippen LogP contribution in [0.25, 0.3) is 0 Å². The first-order valence-electron chi connectivity index (χ1n) is 12.4. The van der Waals surface area contributed by atoms with Crippen LogP contribution in [0.4, 0.5) is 9.18 Å². The molecule has 0 spiro atoms. The number of carbonyl (C=O) groups excluding carboxylic acids is 4. The Morgan fingerprint density at radius 1 is 1.16 bits per heavy atom. The van der Waals surface area contributed by atoms with Gasteiger partial charge >= 0.3 is 6.09 Å². The van der Waals surface area contributed by atoms with E-state index in [0.717, 1.165) is 5.56 Å². The molecule has 0 bridgehead atoms. The molecule has 0 saturated carbocycles. The monoisotopic (exact) mass is 520 g/mol. The number of amides is 3. The van der Waals surface area contributed by atoms with Gasteiger partial charge in [-0.2, -0.15) is 0 Å². The number of hydrogen-bond acceptors (Lipinski definition) is 6. The van der Waals surface area contributed by atoms with Crippen molar-refractivity contribution in [3.8, 4) is 0 Å². The van der Waals surface area contributed by atoms with Crippen molar-refractivity contribution in [2.75, 3.05) is 19.8 Å². The molecule has 1 fully saturated rings. The van der Waals surface area contributed by atoms with Crippen LogP contribution < -0.4 is 22.1 Å². The number of ether oxygens (including phenoxy) is 1. The number of Topliss-reactive ketones (excluding diaryl/α,β-unsaturated/α-hetero) is 1. The van der Waals surface area contributed by atoms with Crippen molar-refractivity contribution >= 4 is 29.7 Å². The van der Waals surface area contributed by atoms with Crippen molar-refractivity contribution in [1.82, 2.24) is 15.5 Å². The van der Waals surface area contributed by atoms with Gasteiger partial charge in [0.15, 0.2) is 11.7 Å². The molecule has 2 rings (SSSR count). The number of nitrogens with one attached hydrogen (secondary N) is 2. The molecule has 6 N–H and O–H groups in total. The number of nitrogens with zero attached hydrogens (tertiary/aromatic N) is 2. The molecule has 0 unspecified atom stereocenters. The molecule has 204 valence electrons. The van der Waals surface area contributed by atoms with E-state index >= 15 is 0 Å². The van der Waals surface area contributed by atoms with E-state index in [-0.39, 0.29) is 31.4 Å². The van der Waals surface area contributed by atoms with Crippen molar-refractivity contribution in [3.05, 3.63) is 35.9 Å². The Hall–Kier alpha value is -3.70. The standard InChI is InChI=1S/C25H37FN6O5/c1-16(2)21(31-25(36)37-15-17-8-4-3-5-9-17)23(35)32-13-7-11-19(32)22(34)30-18(20(33)14-26)10-6-12-29-24(27)28/h3-5,8-9,16,18-19,21H,6-7,10-15H2,1-2H3,(H,30,34)(H,31,36)(H4,27,28,29)/t18-,19+,21+/m1/s1. The van der Waals surface area contributed by atoms with Crippen LogP contribution in [0.5, 0.6) is 0 Å². The molecule has 1 aliphatic rings. The SMILES string of the molecule is CC(C)[C@H](NC(=O)OCc1ccccc1)C(=O)N1CCC[C@H]1C(=O)N[C@H](CCCN=C(N)N)C(=O)CF. The Labute approximate surface area is 216 Å². The van der Waals surface area contributed by atoms with E-state index in [9.17, 15) is 23.6 Å². The summed E-state index contributed by atoms with van der Waals surface area (Å²) < 4.78 is 18.4. The lowest BCUT2D eigenvalue weighted by Gasteiger charge is -2.31. The van der Waals surface area contributed by atoms with Crippen molar-refractivity contribution in [2.24, 2.45) is 22.4 Å². The first-order valence-corrected chi connectivity index (χ1v) is 12.4. The van der Waals surface area contributed by atoms with E-state index in [1.807, 2.05) is 30.3 Å². The number of rotatable bonds is 13. The van der Waals surface area contributed by atoms with Crippen molar-refractivity contribution < 1.29 is 28.3 Å². The van der Waals surface area contributed by atoms with Gasteiger partial charge in [-0.05, 0) is 37.2 Å². The molecule has 12 heteroatoms. The summed E-state index contributed by atoms with van der Waals surface area (Å²) in [6.45, 7) is 2.91. The lowest BCUT2D eigenvalue weighted by molar-refractivity contribution is -0.141. The zero-order valence-corrected chi connectivity index (χ0v) is 21.3. The summed E-state index contributed by atoms with van der Waals surface area (Å²) in [4.78, 5) is 56.1. The second-order valence-corrected chi connectivity index (χ2v) is 9.23. The maximum Gasteiger partial charge on any atom is 0.408 e. The molecular weight excluding hydrogens is 483 g/mol. The van der Waals surface area contributed by atoms with Crippen molar-refractivity contribution in [1.29, 1.82) is 0 Å². The number of carbonyl (C=O) groups is 4. The smallest absolute Gasteiger partial charge is 0.408 e. The third kappa shape index (κ3) is 9.36. The van der Waals surface area contributed by atoms with Crippen molar-refractivity contribution in [2.45, 2.75) is 64.3 Å². The van der Waals surface area contributed by atoms with Crippen LogP contribution in [0.2, 0.25) is 0 Å². The number of benzene rings is 1. The molecule has 1 aromatic carbocycles. The second-order valence-electron chi connectivity index (χ2n) is 9.23. The molecule has 3 amide bonds. The lowest BCUT2D eigenvalue weighted by Crippen LogP contribution is -2.56. The van der Waals surface area contributed by atoms with Crippen LogP contribution in [0, 0.1) is 5.92 Å². The molecule has 1 saturated heterocycles. The van der Waals surface area contributed by atoms with E-state index in [4.69, 9.17) is 16.2 Å². The largest absolute Gasteiger partial charge is 0.445 e. The van der Waals surface area contributed by atoms with Crippen LogP contribution in [0.15, 0.2) is 35.3 Å². The highest BCUT2D eigenvalue weighted by Gasteiger charge is 2.39. The average molecular weight is 521 g/mol. The first kappa shape index (κ1) is 29.5. The topological polar surface area (TPSA) is 169 Å². The highest BCUT2D eigenvalue weighted by Crippen LogP contribution is 2.21. The fourth-order valence-electron chi connectivity index (χ4n) is 4.07. The number of ketones is 1. The minimum absolute atomic E-state index is 0.0492. The predicted molar refractivity (Wildman–Crippen MR) is 136 cm³/mol. The van der Waals surface area contributed by atoms with Crippen LogP contribution >= 0.6 is 0 Å². The van der Waals surface area contributed by atoms with Gasteiger partial charge in [-0.15, -0.1) is 0 Å². The van der Waals surface area contributed by atoms with Gasteiger partial charge in [-0.1, -0.05) is 44.2 Å². The number of aliphatic imine (C=N–C) groups is 1. The van der Waals surface area contributed by atoms with E-state index in [0.29, 0.717) is 25.8 Å². The van der Waals surface area contributed by atoms with E-state index < -0.39 is 48.5 Å². The molecular formula is C25H37FN6O5. The van der Waals surface area contributed by atoms with Gasteiger partial charge in [0.1, 0.15) is 25.4 Å². The molecule has 1 heterocycles. The summed E-state index contributed by atoms with van der Waals surface area (Å²) >= 11 is 0. The highest BCUT2D eigenvalue weighted by molar-refractivity contribution is 5.95. The molecule has 0 radical (unpaired) electrons. The van der Waals surface area contributed by atoms with Gasteiger partial charge in [0.2, 0.25) is 11.8 Å². The minimum atomic E-state index is -1.23. The maximum absolute atomic E-state index is 13.4. The Bertz CT molecular complexity index is 954. The van der Waals surface area contributed by atoms with Crippen LogP contribution in [0.3, 0.4) is 0 Å². The molecule has 1 aliphatic heterocycles. The maximum atomic E-state index is 13.4. The summed E-state index contributed by atoms with van der Waals surface area (Å²) in [6.07, 6.45) is 0.706. The third-order valence-electron chi connectivity index (χ3n) is 6.04. The quantitative estimate of drug-likeness (QED) is 0.171. The minimum Gasteiger partial charge on any atom is -0.445 e. The van der Waals surface area contributed by atoms with Gasteiger partial charge in [-0.25, -0.2) is 9.18 Å². The highest BCUT2D eigenvalue weighted by atomic mass is 19.1. The molecule has 0 aromatic heterocycles. The van der Waals surface area contributed by atoms with Crippen LogP contribution in [-0.4, -0.2) is 72.4 Å². The molecule has 37 heavy (non-hydrogen) atoms. The molecule has 3 atom stereocenters. The number of nitrogens with two attached hydrogens (primary N) is 2. The number of halogens is 1. The fourth-order valence-corrected chi connectivity index (χ4v) is 4.07. The number of hydrogen-bond donors (Lipinski definition) is 4. The number of likely N-dealkylation sites (tertiary alicyclic amines) is 1. The van der Waals surface area contributed by atoms with Crippen LogP contribution in [0.1, 0.15) is 45.1 Å². The van der Waals surface area contributed by atoms with Gasteiger partial charge in [0.05, 0.1) is 6.04 Å². The molecule has 11 nitrogen and oxygen atoms in total. The zero-order valence-electron chi connectivity index (χ0n) is 21.3.